The molecular weight excluding hydrogens is 365 g/mol. The molecule has 0 atom stereocenters. The van der Waals surface area contributed by atoms with Gasteiger partial charge in [-0.25, -0.2) is 14.0 Å². The lowest BCUT2D eigenvalue weighted by Gasteiger charge is -2.07. The third-order valence-electron chi connectivity index (χ3n) is 3.47. The average Bonchev–Trinajstić information content (AvgIpc) is 2.70. The van der Waals surface area contributed by atoms with E-state index in [9.17, 15) is 18.8 Å². The Labute approximate surface area is 162 Å². The van der Waals surface area contributed by atoms with E-state index in [0.29, 0.717) is 23.4 Å². The lowest BCUT2D eigenvalue weighted by molar-refractivity contribution is -0.142. The summed E-state index contributed by atoms with van der Waals surface area (Å²) in [5, 5.41) is 2.55. The lowest BCUT2D eigenvalue weighted by atomic mass is 10.2. The summed E-state index contributed by atoms with van der Waals surface area (Å²) >= 11 is 0. The Morgan fingerprint density at radius 1 is 1.00 bits per heavy atom. The first kappa shape index (κ1) is 20.8. The van der Waals surface area contributed by atoms with Gasteiger partial charge < -0.3 is 14.8 Å². The third-order valence-corrected chi connectivity index (χ3v) is 3.47. The second-order valence-corrected chi connectivity index (χ2v) is 5.75. The van der Waals surface area contributed by atoms with Gasteiger partial charge in [-0.2, -0.15) is 0 Å². The van der Waals surface area contributed by atoms with Crippen LogP contribution >= 0.6 is 0 Å². The van der Waals surface area contributed by atoms with Crippen LogP contribution < -0.4 is 5.32 Å². The zero-order valence-corrected chi connectivity index (χ0v) is 15.3. The van der Waals surface area contributed by atoms with Crippen molar-refractivity contribution in [3.05, 3.63) is 71.6 Å². The van der Waals surface area contributed by atoms with Crippen molar-refractivity contribution in [2.24, 2.45) is 0 Å². The zero-order valence-electron chi connectivity index (χ0n) is 15.3. The molecule has 7 heteroatoms. The summed E-state index contributed by atoms with van der Waals surface area (Å²) in [6, 6.07) is 11.7. The lowest BCUT2D eigenvalue weighted by Crippen LogP contribution is -2.20. The van der Waals surface area contributed by atoms with Gasteiger partial charge in [0.25, 0.3) is 5.91 Å². The van der Waals surface area contributed by atoms with Crippen LogP contribution in [0.2, 0.25) is 0 Å². The predicted octanol–water partition coefficient (Wildman–Crippen LogP) is 3.59. The molecule has 0 aromatic heterocycles. The number of ether oxygens (including phenoxy) is 2. The van der Waals surface area contributed by atoms with Crippen LogP contribution in [0.25, 0.3) is 6.08 Å². The summed E-state index contributed by atoms with van der Waals surface area (Å²) in [4.78, 5) is 35.2. The number of rotatable bonds is 8. The number of nitrogens with one attached hydrogen (secondary N) is 1. The van der Waals surface area contributed by atoms with Crippen molar-refractivity contribution in [3.8, 4) is 0 Å². The SMILES string of the molecule is CCCOC(=O)c1ccc(NC(=O)COC(=O)/C=C/c2ccc(F)cc2)cc1. The fourth-order valence-electron chi connectivity index (χ4n) is 2.09. The van der Waals surface area contributed by atoms with Gasteiger partial charge in [-0.15, -0.1) is 0 Å². The van der Waals surface area contributed by atoms with Crippen LogP contribution in [0.5, 0.6) is 0 Å². The molecule has 0 radical (unpaired) electrons. The Morgan fingerprint density at radius 2 is 1.68 bits per heavy atom. The molecule has 28 heavy (non-hydrogen) atoms. The number of hydrogen-bond donors (Lipinski definition) is 1. The molecule has 0 spiro atoms. The predicted molar refractivity (Wildman–Crippen MR) is 102 cm³/mol. The molecule has 0 bridgehead atoms. The highest BCUT2D eigenvalue weighted by Gasteiger charge is 2.09. The van der Waals surface area contributed by atoms with E-state index in [1.165, 1.54) is 42.5 Å². The summed E-state index contributed by atoms with van der Waals surface area (Å²) in [5.41, 5.74) is 1.46. The van der Waals surface area contributed by atoms with E-state index in [4.69, 9.17) is 9.47 Å². The molecule has 0 saturated carbocycles. The summed E-state index contributed by atoms with van der Waals surface area (Å²) in [6.45, 7) is 1.78. The minimum atomic E-state index is -0.700. The van der Waals surface area contributed by atoms with Crippen LogP contribution in [-0.2, 0) is 19.1 Å². The molecule has 2 aromatic rings. The first-order chi connectivity index (χ1) is 13.5. The maximum Gasteiger partial charge on any atom is 0.338 e. The highest BCUT2D eigenvalue weighted by molar-refractivity contribution is 5.95. The number of esters is 2. The van der Waals surface area contributed by atoms with Crippen molar-refractivity contribution in [1.82, 2.24) is 0 Å². The number of carbonyl (C=O) groups is 3. The molecule has 6 nitrogen and oxygen atoms in total. The number of benzene rings is 2. The fraction of sp³-hybridized carbons (Fsp3) is 0.190. The number of halogens is 1. The molecule has 0 heterocycles. The molecular formula is C21H20FNO5. The second kappa shape index (κ2) is 10.6. The Bertz CT molecular complexity index is 844. The van der Waals surface area contributed by atoms with E-state index in [-0.39, 0.29) is 5.82 Å². The normalized spacial score (nSPS) is 10.5. The number of carbonyl (C=O) groups excluding carboxylic acids is 3. The topological polar surface area (TPSA) is 81.7 Å². The molecule has 146 valence electrons. The molecule has 0 aliphatic heterocycles. The van der Waals surface area contributed by atoms with Gasteiger partial charge in [0.1, 0.15) is 5.82 Å². The Kier molecular flexibility index (Phi) is 7.90. The van der Waals surface area contributed by atoms with Crippen LogP contribution in [-0.4, -0.2) is 31.1 Å². The summed E-state index contributed by atoms with van der Waals surface area (Å²) in [5.74, 6) is -2.03. The number of anilines is 1. The van der Waals surface area contributed by atoms with Crippen molar-refractivity contribution in [1.29, 1.82) is 0 Å². The standard InChI is InChI=1S/C21H20FNO5/c1-2-13-27-21(26)16-6-10-18(11-7-16)23-19(24)14-28-20(25)12-5-15-3-8-17(22)9-4-15/h3-12H,2,13-14H2,1H3,(H,23,24)/b12-5+. The van der Waals surface area contributed by atoms with Gasteiger partial charge in [-0.1, -0.05) is 19.1 Å². The highest BCUT2D eigenvalue weighted by atomic mass is 19.1. The fourth-order valence-corrected chi connectivity index (χ4v) is 2.09. The monoisotopic (exact) mass is 385 g/mol. The smallest absolute Gasteiger partial charge is 0.338 e. The van der Waals surface area contributed by atoms with Crippen molar-refractivity contribution in [2.45, 2.75) is 13.3 Å². The van der Waals surface area contributed by atoms with E-state index in [1.807, 2.05) is 6.92 Å². The second-order valence-electron chi connectivity index (χ2n) is 5.75. The third kappa shape index (κ3) is 7.03. The summed E-state index contributed by atoms with van der Waals surface area (Å²) in [6.07, 6.45) is 3.34. The van der Waals surface area contributed by atoms with E-state index in [0.717, 1.165) is 12.5 Å². The van der Waals surface area contributed by atoms with E-state index >= 15 is 0 Å². The molecule has 0 unspecified atom stereocenters. The maximum atomic E-state index is 12.8. The zero-order chi connectivity index (χ0) is 20.4. The van der Waals surface area contributed by atoms with Crippen LogP contribution in [0.15, 0.2) is 54.6 Å². The number of hydrogen-bond acceptors (Lipinski definition) is 5. The molecule has 1 amide bonds. The molecule has 0 aliphatic rings. The van der Waals surface area contributed by atoms with Crippen LogP contribution in [0.1, 0.15) is 29.3 Å². The largest absolute Gasteiger partial charge is 0.462 e. The molecule has 0 saturated heterocycles. The van der Waals surface area contributed by atoms with Gasteiger partial charge in [0.05, 0.1) is 12.2 Å². The number of amides is 1. The van der Waals surface area contributed by atoms with Gasteiger partial charge in [0, 0.05) is 11.8 Å². The molecule has 0 aliphatic carbocycles. The van der Waals surface area contributed by atoms with Crippen molar-refractivity contribution in [2.75, 3.05) is 18.5 Å². The molecule has 0 fully saturated rings. The van der Waals surface area contributed by atoms with Crippen LogP contribution in [0.4, 0.5) is 10.1 Å². The van der Waals surface area contributed by atoms with Gasteiger partial charge in [0.2, 0.25) is 0 Å². The first-order valence-electron chi connectivity index (χ1n) is 8.65. The van der Waals surface area contributed by atoms with Gasteiger partial charge in [-0.3, -0.25) is 4.79 Å². The molecule has 2 aromatic carbocycles. The van der Waals surface area contributed by atoms with E-state index in [2.05, 4.69) is 5.32 Å². The molecule has 1 N–H and O–H groups in total. The van der Waals surface area contributed by atoms with Crippen molar-refractivity contribution < 1.29 is 28.2 Å². The van der Waals surface area contributed by atoms with E-state index in [1.54, 1.807) is 12.1 Å². The molecule has 2 rings (SSSR count). The van der Waals surface area contributed by atoms with Crippen molar-refractivity contribution in [3.63, 3.8) is 0 Å². The van der Waals surface area contributed by atoms with Gasteiger partial charge in [-0.05, 0) is 54.5 Å². The summed E-state index contributed by atoms with van der Waals surface area (Å²) < 4.78 is 22.7. The first-order valence-corrected chi connectivity index (χ1v) is 8.65. The van der Waals surface area contributed by atoms with Gasteiger partial charge >= 0.3 is 11.9 Å². The Hall–Kier alpha value is -3.48. The minimum Gasteiger partial charge on any atom is -0.462 e. The summed E-state index contributed by atoms with van der Waals surface area (Å²) in [7, 11) is 0. The maximum absolute atomic E-state index is 12.8. The quantitative estimate of drug-likeness (QED) is 0.555. The minimum absolute atomic E-state index is 0.346. The van der Waals surface area contributed by atoms with Crippen LogP contribution in [0.3, 0.4) is 0 Å². The van der Waals surface area contributed by atoms with E-state index < -0.39 is 24.5 Å². The highest BCUT2D eigenvalue weighted by Crippen LogP contribution is 2.11. The Balaban J connectivity index is 1.77. The van der Waals surface area contributed by atoms with Crippen molar-refractivity contribution >= 4 is 29.6 Å². The van der Waals surface area contributed by atoms with Gasteiger partial charge in [0.15, 0.2) is 6.61 Å². The average molecular weight is 385 g/mol. The Morgan fingerprint density at radius 3 is 2.32 bits per heavy atom. The van der Waals surface area contributed by atoms with Crippen LogP contribution in [0, 0.1) is 5.82 Å².